The number of rotatable bonds is 3. The van der Waals surface area contributed by atoms with Crippen LogP contribution in [-0.2, 0) is 0 Å². The monoisotopic (exact) mass is 313 g/mol. The van der Waals surface area contributed by atoms with Crippen molar-refractivity contribution in [1.82, 2.24) is 15.0 Å². The number of anilines is 2. The molecule has 6 heteroatoms. The normalized spacial score (nSPS) is 24.9. The van der Waals surface area contributed by atoms with Gasteiger partial charge in [-0.15, -0.1) is 0 Å². The zero-order valence-electron chi connectivity index (χ0n) is 11.1. The Bertz CT molecular complexity index is 401. The minimum Gasteiger partial charge on any atom is -0.372 e. The van der Waals surface area contributed by atoms with E-state index in [4.69, 9.17) is 0 Å². The number of nitrogens with one attached hydrogen (secondary N) is 2. The second-order valence-electron chi connectivity index (χ2n) is 4.78. The maximum atomic E-state index is 4.30. The molecule has 2 N–H and O–H groups in total. The summed E-state index contributed by atoms with van der Waals surface area (Å²) in [6, 6.07) is 1.04. The van der Waals surface area contributed by atoms with E-state index in [-0.39, 0.29) is 0 Å². The molecule has 2 rings (SSSR count). The number of hydrogen-bond acceptors (Lipinski definition) is 5. The van der Waals surface area contributed by atoms with Gasteiger partial charge in [0, 0.05) is 19.1 Å². The van der Waals surface area contributed by atoms with Crippen LogP contribution in [0.5, 0.6) is 0 Å². The molecule has 0 saturated carbocycles. The van der Waals surface area contributed by atoms with Crippen molar-refractivity contribution in [2.24, 2.45) is 0 Å². The zero-order valence-corrected chi connectivity index (χ0v) is 12.7. The van der Waals surface area contributed by atoms with Gasteiger partial charge in [0.2, 0.25) is 0 Å². The highest BCUT2D eigenvalue weighted by Gasteiger charge is 2.25. The van der Waals surface area contributed by atoms with Crippen LogP contribution in [0.25, 0.3) is 0 Å². The first kappa shape index (κ1) is 13.5. The molecule has 100 valence electrons. The molecule has 1 aliphatic rings. The molecule has 1 aromatic heterocycles. The molecule has 1 saturated heterocycles. The molecule has 5 nitrogen and oxygen atoms in total. The number of hydrogen-bond donors (Lipinski definition) is 2. The molecule has 0 spiro atoms. The minimum absolute atomic E-state index is 0.522. The minimum atomic E-state index is 0.522. The Kier molecular flexibility index (Phi) is 4.40. The van der Waals surface area contributed by atoms with Crippen LogP contribution >= 0.6 is 15.9 Å². The molecule has 0 amide bonds. The molecule has 2 heterocycles. The summed E-state index contributed by atoms with van der Waals surface area (Å²) in [6.07, 6.45) is 5.31. The van der Waals surface area contributed by atoms with Gasteiger partial charge < -0.3 is 10.7 Å². The topological polar surface area (TPSA) is 53.1 Å². The molecular formula is C12H20BrN5. The predicted octanol–water partition coefficient (Wildman–Crippen LogP) is 2.87. The second kappa shape index (κ2) is 5.84. The van der Waals surface area contributed by atoms with Crippen LogP contribution in [0.2, 0.25) is 0 Å². The lowest BCUT2D eigenvalue weighted by atomic mass is 10.00. The standard InChI is InChI=1S/C12H20BrN5/c1-8-5-4-6-9(2)18(8)17-12-10(13)11(14-3)15-7-16-12/h7-9H,4-6H2,1-3H3,(H2,14,15,16,17). The molecule has 0 bridgehead atoms. The van der Waals surface area contributed by atoms with E-state index in [1.807, 2.05) is 7.05 Å². The lowest BCUT2D eigenvalue weighted by molar-refractivity contribution is 0.135. The van der Waals surface area contributed by atoms with Crippen LogP contribution in [0.3, 0.4) is 0 Å². The smallest absolute Gasteiger partial charge is 0.160 e. The van der Waals surface area contributed by atoms with Gasteiger partial charge in [-0.2, -0.15) is 0 Å². The van der Waals surface area contributed by atoms with Crippen molar-refractivity contribution in [2.75, 3.05) is 17.8 Å². The summed E-state index contributed by atoms with van der Waals surface area (Å²) >= 11 is 3.53. The van der Waals surface area contributed by atoms with E-state index in [1.165, 1.54) is 19.3 Å². The number of aromatic nitrogens is 2. The Balaban J connectivity index is 2.17. The summed E-state index contributed by atoms with van der Waals surface area (Å²) in [6.45, 7) is 4.49. The Labute approximate surface area is 116 Å². The molecule has 1 aliphatic heterocycles. The molecule has 0 aromatic carbocycles. The van der Waals surface area contributed by atoms with Crippen molar-refractivity contribution in [3.8, 4) is 0 Å². The highest BCUT2D eigenvalue weighted by Crippen LogP contribution is 2.29. The maximum absolute atomic E-state index is 4.30. The Hall–Kier alpha value is -0.880. The van der Waals surface area contributed by atoms with Crippen LogP contribution in [-0.4, -0.2) is 34.1 Å². The predicted molar refractivity (Wildman–Crippen MR) is 77.5 cm³/mol. The van der Waals surface area contributed by atoms with Crippen LogP contribution in [0.4, 0.5) is 11.6 Å². The van der Waals surface area contributed by atoms with Gasteiger partial charge in [0.25, 0.3) is 0 Å². The molecule has 1 fully saturated rings. The highest BCUT2D eigenvalue weighted by atomic mass is 79.9. The van der Waals surface area contributed by atoms with Crippen molar-refractivity contribution < 1.29 is 0 Å². The van der Waals surface area contributed by atoms with Crippen molar-refractivity contribution in [3.05, 3.63) is 10.8 Å². The van der Waals surface area contributed by atoms with E-state index in [0.29, 0.717) is 12.1 Å². The Morgan fingerprint density at radius 2 is 1.83 bits per heavy atom. The summed E-state index contributed by atoms with van der Waals surface area (Å²) in [5.41, 5.74) is 3.42. The van der Waals surface area contributed by atoms with Crippen LogP contribution in [0.1, 0.15) is 33.1 Å². The zero-order chi connectivity index (χ0) is 13.1. The van der Waals surface area contributed by atoms with Crippen LogP contribution < -0.4 is 10.7 Å². The van der Waals surface area contributed by atoms with Gasteiger partial charge in [-0.1, -0.05) is 6.42 Å². The van der Waals surface area contributed by atoms with E-state index in [1.54, 1.807) is 6.33 Å². The van der Waals surface area contributed by atoms with E-state index in [9.17, 15) is 0 Å². The third-order valence-corrected chi connectivity index (χ3v) is 4.21. The molecule has 0 aliphatic carbocycles. The quantitative estimate of drug-likeness (QED) is 0.898. The summed E-state index contributed by atoms with van der Waals surface area (Å²) in [5, 5.41) is 5.33. The average Bonchev–Trinajstić information content (AvgIpc) is 2.36. The highest BCUT2D eigenvalue weighted by molar-refractivity contribution is 9.10. The summed E-state index contributed by atoms with van der Waals surface area (Å²) < 4.78 is 0.873. The van der Waals surface area contributed by atoms with Gasteiger partial charge in [0.05, 0.1) is 0 Å². The van der Waals surface area contributed by atoms with Gasteiger partial charge >= 0.3 is 0 Å². The van der Waals surface area contributed by atoms with E-state index in [0.717, 1.165) is 16.1 Å². The van der Waals surface area contributed by atoms with Crippen molar-refractivity contribution in [3.63, 3.8) is 0 Å². The number of nitrogens with zero attached hydrogens (tertiary/aromatic N) is 3. The fourth-order valence-electron chi connectivity index (χ4n) is 2.39. The first-order valence-corrected chi connectivity index (χ1v) is 7.16. The lowest BCUT2D eigenvalue weighted by Gasteiger charge is -2.39. The molecule has 2 atom stereocenters. The van der Waals surface area contributed by atoms with Gasteiger partial charge in [-0.3, -0.25) is 0 Å². The van der Waals surface area contributed by atoms with Crippen molar-refractivity contribution in [1.29, 1.82) is 0 Å². The first-order chi connectivity index (χ1) is 8.63. The maximum Gasteiger partial charge on any atom is 0.160 e. The molecule has 0 radical (unpaired) electrons. The van der Waals surface area contributed by atoms with Crippen LogP contribution in [0.15, 0.2) is 10.8 Å². The Morgan fingerprint density at radius 1 is 1.22 bits per heavy atom. The summed E-state index contributed by atoms with van der Waals surface area (Å²) in [5.74, 6) is 1.61. The average molecular weight is 314 g/mol. The van der Waals surface area contributed by atoms with Gasteiger partial charge in [0.1, 0.15) is 16.6 Å². The van der Waals surface area contributed by atoms with Gasteiger partial charge in [-0.25, -0.2) is 15.0 Å². The number of piperidine rings is 1. The third-order valence-electron chi connectivity index (χ3n) is 3.45. The molecule has 18 heavy (non-hydrogen) atoms. The van der Waals surface area contributed by atoms with E-state index < -0.39 is 0 Å². The molecule has 2 unspecified atom stereocenters. The summed E-state index contributed by atoms with van der Waals surface area (Å²) in [7, 11) is 1.85. The number of hydrazine groups is 1. The third kappa shape index (κ3) is 2.75. The second-order valence-corrected chi connectivity index (χ2v) is 5.58. The fourth-order valence-corrected chi connectivity index (χ4v) is 2.88. The van der Waals surface area contributed by atoms with Gasteiger partial charge in [-0.05, 0) is 42.6 Å². The SMILES string of the molecule is CNc1ncnc(NN2C(C)CCCC2C)c1Br. The van der Waals surface area contributed by atoms with Crippen molar-refractivity contribution >= 4 is 27.6 Å². The lowest BCUT2D eigenvalue weighted by Crippen LogP contribution is -2.47. The van der Waals surface area contributed by atoms with Crippen LogP contribution in [0, 0.1) is 0 Å². The van der Waals surface area contributed by atoms with E-state index in [2.05, 4.69) is 55.5 Å². The Morgan fingerprint density at radius 3 is 2.44 bits per heavy atom. The summed E-state index contributed by atoms with van der Waals surface area (Å²) in [4.78, 5) is 8.46. The largest absolute Gasteiger partial charge is 0.372 e. The van der Waals surface area contributed by atoms with Gasteiger partial charge in [0.15, 0.2) is 5.82 Å². The van der Waals surface area contributed by atoms with E-state index >= 15 is 0 Å². The number of halogens is 1. The first-order valence-electron chi connectivity index (χ1n) is 6.36. The molecular weight excluding hydrogens is 294 g/mol. The fraction of sp³-hybridized carbons (Fsp3) is 0.667. The van der Waals surface area contributed by atoms with Crippen molar-refractivity contribution in [2.45, 2.75) is 45.2 Å². The molecule has 1 aromatic rings.